The maximum Gasteiger partial charge on any atom is 0.364 e. The Labute approximate surface area is 459 Å². The second-order valence-electron chi connectivity index (χ2n) is 20.4. The van der Waals surface area contributed by atoms with Crippen molar-refractivity contribution in [3.63, 3.8) is 0 Å². The Hall–Kier alpha value is -3.24. The molecule has 36 nitrogen and oxygen atoms in total. The standard InChI is InChI=1S/C45H75N3O33/c1-11-24(59)29(64)31(66)41(71-11)79-38-30(65)26(61)17(7-50)74-43(38)78-35-23(48-14(4)56)40(73-19(9-52)28(35)63)76-33-20(10-53)75-42(77-34-22(47-13(3)55)39(68)72-18(8-51)27(34)62)32(67)37(33)81-45(44(69)70)5-15(57)21(46-12(2)54)36(80-45)25(60)16(58)6-49/h11,15-43,49-53,57-68H,5-10H2,1-4H3,(H,46,54)(H,47,55)(H,48,56)(H,69,70)/t11-,15-,16+,17+,18+,19+,20+,21+,22+,23+,24+,25-,26-,27-,28-,29+,30-,31-,32+,33-,34+,35+,36+,37+,38+,39-,40+,41-,42-,43-,45-/m0/s1. The van der Waals surface area contributed by atoms with Crippen LogP contribution in [0.4, 0.5) is 0 Å². The van der Waals surface area contributed by atoms with Crippen molar-refractivity contribution in [2.24, 2.45) is 0 Å². The summed E-state index contributed by atoms with van der Waals surface area (Å²) in [7, 11) is 0. The summed E-state index contributed by atoms with van der Waals surface area (Å²) in [4.78, 5) is 51.4. The number of carbonyl (C=O) groups excluding carboxylic acids is 3. The first kappa shape index (κ1) is 66.9. The van der Waals surface area contributed by atoms with Crippen molar-refractivity contribution in [3.05, 3.63) is 0 Å². The molecule has 0 unspecified atom stereocenters. The van der Waals surface area contributed by atoms with Gasteiger partial charge >= 0.3 is 5.97 Å². The summed E-state index contributed by atoms with van der Waals surface area (Å²) in [6.07, 6.45) is -56.8. The zero-order chi connectivity index (χ0) is 60.3. The molecule has 81 heavy (non-hydrogen) atoms. The first-order valence-electron chi connectivity index (χ1n) is 25.6. The van der Waals surface area contributed by atoms with Crippen LogP contribution in [0.5, 0.6) is 0 Å². The van der Waals surface area contributed by atoms with Gasteiger partial charge in [0, 0.05) is 27.2 Å². The molecule has 0 aromatic rings. The number of nitrogens with one attached hydrogen (secondary N) is 3. The van der Waals surface area contributed by atoms with Crippen LogP contribution >= 0.6 is 0 Å². The van der Waals surface area contributed by atoms with Crippen LogP contribution in [-0.2, 0) is 71.3 Å². The summed E-state index contributed by atoms with van der Waals surface area (Å²) in [5, 5.41) is 203. The minimum Gasteiger partial charge on any atom is -0.477 e. The van der Waals surface area contributed by atoms with Crippen LogP contribution in [0.3, 0.4) is 0 Å². The van der Waals surface area contributed by atoms with Gasteiger partial charge in [-0.3, -0.25) is 14.4 Å². The van der Waals surface area contributed by atoms with Gasteiger partial charge in [0.05, 0.1) is 51.3 Å². The Morgan fingerprint density at radius 2 is 0.975 bits per heavy atom. The number of carbonyl (C=O) groups is 4. The summed E-state index contributed by atoms with van der Waals surface area (Å²) < 4.78 is 64.5. The number of rotatable bonds is 21. The molecule has 21 N–H and O–H groups in total. The van der Waals surface area contributed by atoms with Crippen LogP contribution in [0.1, 0.15) is 34.1 Å². The smallest absolute Gasteiger partial charge is 0.364 e. The Balaban J connectivity index is 1.45. The lowest BCUT2D eigenvalue weighted by Gasteiger charge is -2.53. The Morgan fingerprint density at radius 1 is 0.506 bits per heavy atom. The summed E-state index contributed by atoms with van der Waals surface area (Å²) in [5.41, 5.74) is 0. The zero-order valence-electron chi connectivity index (χ0n) is 43.7. The van der Waals surface area contributed by atoms with E-state index in [-0.39, 0.29) is 0 Å². The van der Waals surface area contributed by atoms with Crippen molar-refractivity contribution in [1.82, 2.24) is 16.0 Å². The minimum absolute atomic E-state index is 0.849. The van der Waals surface area contributed by atoms with E-state index < -0.39 is 253 Å². The monoisotopic (exact) mass is 1190 g/mol. The number of aliphatic hydroxyl groups excluding tert-OH is 17. The van der Waals surface area contributed by atoms with Crippen LogP contribution in [0.15, 0.2) is 0 Å². The third-order valence-corrected chi connectivity index (χ3v) is 14.6. The number of amides is 3. The van der Waals surface area contributed by atoms with Crippen molar-refractivity contribution in [1.29, 1.82) is 0 Å². The highest BCUT2D eigenvalue weighted by Gasteiger charge is 2.62. The molecular formula is C45H75N3O33. The SMILES string of the molecule is CC(=O)N[C@@H]1[C@@H](O[C@@H]2O[C@H](CO)[C@H](O[C@H]3O[C@H](CO)[C@H](O)[C@H](O[C@@H]4O[C@H](CO)[C@H](O)[C@H](O)[C@H]4O[C@@H]4O[C@@H](C)[C@@H](O)[C@@H](O)[C@@H]4O)[C@H]3NC(C)=O)[C@H](O[C@]3(C(=O)O)C[C@H](O)[C@@H](NC(C)=O)[C@H]([C@@H](O)[C@H](O)CO)O3)[C@H]2O)[C@@H](O)[C@@H](CO)O[C@@H]1O. The van der Waals surface area contributed by atoms with Gasteiger partial charge < -0.3 is 160 Å². The van der Waals surface area contributed by atoms with Crippen molar-refractivity contribution < 1.29 is 163 Å². The van der Waals surface area contributed by atoms with E-state index in [0.29, 0.717) is 0 Å². The Bertz CT molecular complexity index is 2080. The molecule has 6 aliphatic rings. The summed E-state index contributed by atoms with van der Waals surface area (Å²) in [6.45, 7) is -1.51. The average Bonchev–Trinajstić information content (AvgIpc) is 3.62. The fourth-order valence-electron chi connectivity index (χ4n) is 10.3. The molecule has 3 amide bonds. The van der Waals surface area contributed by atoms with Gasteiger partial charge in [0.1, 0.15) is 134 Å². The molecule has 31 atom stereocenters. The second kappa shape index (κ2) is 28.3. The maximum absolute atomic E-state index is 13.6. The van der Waals surface area contributed by atoms with Crippen molar-refractivity contribution in [2.75, 3.05) is 33.0 Å². The highest BCUT2D eigenvalue weighted by Crippen LogP contribution is 2.41. The molecular weight excluding hydrogens is 1110 g/mol. The van der Waals surface area contributed by atoms with Crippen molar-refractivity contribution in [3.8, 4) is 0 Å². The van der Waals surface area contributed by atoms with Crippen LogP contribution in [-0.4, -0.2) is 338 Å². The van der Waals surface area contributed by atoms with E-state index in [4.69, 9.17) is 52.1 Å². The summed E-state index contributed by atoms with van der Waals surface area (Å²) in [5.74, 6) is -8.29. The largest absolute Gasteiger partial charge is 0.477 e. The topological polar surface area (TPSA) is 570 Å². The molecule has 6 aliphatic heterocycles. The van der Waals surface area contributed by atoms with Gasteiger partial charge in [0.25, 0.3) is 5.79 Å². The van der Waals surface area contributed by atoms with Crippen molar-refractivity contribution >= 4 is 23.7 Å². The Morgan fingerprint density at radius 3 is 1.53 bits per heavy atom. The third-order valence-electron chi connectivity index (χ3n) is 14.6. The van der Waals surface area contributed by atoms with Gasteiger partial charge in [-0.15, -0.1) is 0 Å². The number of aliphatic carboxylic acids is 1. The molecule has 0 saturated carbocycles. The second-order valence-corrected chi connectivity index (χ2v) is 20.4. The van der Waals surface area contributed by atoms with E-state index in [1.807, 2.05) is 0 Å². The van der Waals surface area contributed by atoms with Gasteiger partial charge in [-0.05, 0) is 6.92 Å². The first-order chi connectivity index (χ1) is 38.1. The first-order valence-corrected chi connectivity index (χ1v) is 25.6. The lowest BCUT2D eigenvalue weighted by atomic mass is 9.88. The number of carboxylic acids is 1. The van der Waals surface area contributed by atoms with Crippen LogP contribution in [0.25, 0.3) is 0 Å². The Kier molecular flexibility index (Phi) is 23.4. The van der Waals surface area contributed by atoms with Crippen LogP contribution < -0.4 is 16.0 Å². The third kappa shape index (κ3) is 14.5. The molecule has 0 aromatic carbocycles. The number of ether oxygens (including phenoxy) is 11. The lowest BCUT2D eigenvalue weighted by Crippen LogP contribution is -2.72. The molecule has 0 bridgehead atoms. The van der Waals surface area contributed by atoms with E-state index in [2.05, 4.69) is 16.0 Å². The molecule has 6 rings (SSSR count). The normalized spacial score (nSPS) is 46.7. The predicted molar refractivity (Wildman–Crippen MR) is 250 cm³/mol. The molecule has 468 valence electrons. The number of hydrogen-bond acceptors (Lipinski definition) is 32. The maximum atomic E-state index is 13.6. The molecule has 0 radical (unpaired) electrons. The average molecular weight is 1190 g/mol. The van der Waals surface area contributed by atoms with Gasteiger partial charge in [-0.25, -0.2) is 4.79 Å². The van der Waals surface area contributed by atoms with E-state index in [0.717, 1.165) is 20.8 Å². The van der Waals surface area contributed by atoms with Gasteiger partial charge in [0.15, 0.2) is 31.5 Å². The molecule has 6 fully saturated rings. The molecule has 6 saturated heterocycles. The van der Waals surface area contributed by atoms with Gasteiger partial charge in [0.2, 0.25) is 17.7 Å². The molecule has 0 aliphatic carbocycles. The lowest BCUT2D eigenvalue weighted by molar-refractivity contribution is -0.402. The summed E-state index contributed by atoms with van der Waals surface area (Å²) >= 11 is 0. The highest BCUT2D eigenvalue weighted by atomic mass is 16.8. The van der Waals surface area contributed by atoms with Crippen LogP contribution in [0.2, 0.25) is 0 Å². The highest BCUT2D eigenvalue weighted by molar-refractivity contribution is 5.77. The minimum atomic E-state index is -3.40. The van der Waals surface area contributed by atoms with Crippen molar-refractivity contribution in [2.45, 2.75) is 224 Å². The fraction of sp³-hybridized carbons (Fsp3) is 0.911. The van der Waals surface area contributed by atoms with E-state index >= 15 is 0 Å². The van der Waals surface area contributed by atoms with Gasteiger partial charge in [-0.2, -0.15) is 0 Å². The molecule has 0 aromatic heterocycles. The number of aliphatic hydroxyl groups is 17. The van der Waals surface area contributed by atoms with Gasteiger partial charge in [-0.1, -0.05) is 0 Å². The zero-order valence-corrected chi connectivity index (χ0v) is 43.7. The summed E-state index contributed by atoms with van der Waals surface area (Å²) in [6, 6.07) is -5.52. The van der Waals surface area contributed by atoms with Crippen LogP contribution in [0, 0.1) is 0 Å². The number of carboxylic acid groups (broad SMARTS) is 1. The molecule has 36 heteroatoms. The molecule has 6 heterocycles. The van der Waals surface area contributed by atoms with E-state index in [1.165, 1.54) is 6.92 Å². The number of hydrogen-bond donors (Lipinski definition) is 21. The van der Waals surface area contributed by atoms with E-state index in [1.54, 1.807) is 0 Å². The molecule has 0 spiro atoms. The quantitative estimate of drug-likeness (QED) is 0.0507. The fourth-order valence-corrected chi connectivity index (χ4v) is 10.3. The van der Waals surface area contributed by atoms with E-state index in [9.17, 15) is 111 Å². The predicted octanol–water partition coefficient (Wildman–Crippen LogP) is -13.4.